The summed E-state index contributed by atoms with van der Waals surface area (Å²) in [5, 5.41) is 36.0. The van der Waals surface area contributed by atoms with Gasteiger partial charge in [-0.25, -0.2) is 4.79 Å². The van der Waals surface area contributed by atoms with E-state index in [9.17, 15) is 38.7 Å². The van der Waals surface area contributed by atoms with Crippen LogP contribution in [0.4, 0.5) is 0 Å². The van der Waals surface area contributed by atoms with Gasteiger partial charge in [0.2, 0.25) is 23.6 Å². The van der Waals surface area contributed by atoms with Crippen molar-refractivity contribution in [1.82, 2.24) is 46.6 Å². The summed E-state index contributed by atoms with van der Waals surface area (Å²) in [6, 6.07) is 32.9. The van der Waals surface area contributed by atoms with Crippen molar-refractivity contribution in [3.63, 3.8) is 0 Å². The van der Waals surface area contributed by atoms with Gasteiger partial charge in [-0.2, -0.15) is 0 Å². The molecule has 1 heterocycles. The minimum absolute atomic E-state index is 0.0337. The number of nitrogens with zero attached hydrogens (tertiary/aromatic N) is 3. The second-order valence-corrected chi connectivity index (χ2v) is 16.4. The van der Waals surface area contributed by atoms with E-state index < -0.39 is 36.4 Å². The predicted octanol–water partition coefficient (Wildman–Crippen LogP) is 1.18. The van der Waals surface area contributed by atoms with E-state index in [4.69, 9.17) is 5.11 Å². The molecule has 1 fully saturated rings. The molecule has 0 radical (unpaired) electrons. The molecular weight excluding hydrogens is 859 g/mol. The highest BCUT2D eigenvalue weighted by Gasteiger charge is 2.25. The van der Waals surface area contributed by atoms with Crippen molar-refractivity contribution in [1.29, 1.82) is 0 Å². The van der Waals surface area contributed by atoms with E-state index in [-0.39, 0.29) is 61.8 Å². The first-order valence-corrected chi connectivity index (χ1v) is 22.3. The van der Waals surface area contributed by atoms with Gasteiger partial charge < -0.3 is 42.1 Å². The largest absolute Gasteiger partial charge is 0.481 e. The van der Waals surface area contributed by atoms with Crippen LogP contribution in [0, 0.1) is 0 Å². The molecule has 0 aliphatic carbocycles. The number of rotatable bonds is 21. The molecule has 0 bridgehead atoms. The van der Waals surface area contributed by atoms with Gasteiger partial charge in [0.15, 0.2) is 0 Å². The molecule has 1 aliphatic rings. The average Bonchev–Trinajstić information content (AvgIpc) is 3.32. The highest BCUT2D eigenvalue weighted by atomic mass is 16.4. The number of benzene rings is 4. The maximum atomic E-state index is 13.6. The third kappa shape index (κ3) is 19.6. The molecule has 356 valence electrons. The molecule has 67 heavy (non-hydrogen) atoms. The van der Waals surface area contributed by atoms with E-state index in [1.807, 2.05) is 106 Å². The lowest BCUT2D eigenvalue weighted by Crippen LogP contribution is -2.52. The Balaban J connectivity index is 1.27. The fourth-order valence-corrected chi connectivity index (χ4v) is 7.33. The molecule has 1 unspecified atom stereocenters. The third-order valence-electron chi connectivity index (χ3n) is 11.0. The summed E-state index contributed by atoms with van der Waals surface area (Å²) in [6.45, 7) is 4.39. The lowest BCUT2D eigenvalue weighted by molar-refractivity contribution is -0.145. The summed E-state index contributed by atoms with van der Waals surface area (Å²) in [5.74, 6) is -4.39. The van der Waals surface area contributed by atoms with E-state index in [2.05, 4.69) is 31.9 Å². The molecule has 8 N–H and O–H groups in total. The maximum Gasteiger partial charge on any atom is 0.326 e. The van der Waals surface area contributed by atoms with Gasteiger partial charge in [0.05, 0.1) is 26.1 Å². The zero-order valence-corrected chi connectivity index (χ0v) is 37.5. The molecule has 5 amide bonds. The van der Waals surface area contributed by atoms with Crippen LogP contribution in [-0.4, -0.2) is 144 Å². The van der Waals surface area contributed by atoms with Gasteiger partial charge >= 0.3 is 11.9 Å². The number of carbonyl (C=O) groups excluding carboxylic acids is 5. The van der Waals surface area contributed by atoms with Crippen LogP contribution in [0.2, 0.25) is 0 Å². The van der Waals surface area contributed by atoms with Crippen LogP contribution in [0.15, 0.2) is 115 Å². The Morgan fingerprint density at radius 1 is 0.522 bits per heavy atom. The van der Waals surface area contributed by atoms with Crippen molar-refractivity contribution in [2.75, 3.05) is 65.4 Å². The second kappa shape index (κ2) is 27.5. The summed E-state index contributed by atoms with van der Waals surface area (Å²) in [7, 11) is 0. The zero-order chi connectivity index (χ0) is 47.8. The monoisotopic (exact) mass is 919 g/mol. The molecule has 1 aliphatic heterocycles. The van der Waals surface area contributed by atoms with Crippen LogP contribution in [0.25, 0.3) is 0 Å². The molecule has 18 nitrogen and oxygen atoms in total. The highest BCUT2D eigenvalue weighted by Crippen LogP contribution is 2.09. The van der Waals surface area contributed by atoms with Gasteiger partial charge in [-0.05, 0) is 34.4 Å². The first-order chi connectivity index (χ1) is 32.4. The molecule has 1 saturated heterocycles. The quantitative estimate of drug-likeness (QED) is 0.0587. The summed E-state index contributed by atoms with van der Waals surface area (Å²) in [5.41, 5.74) is 3.67. The molecule has 5 rings (SSSR count). The number of amides is 5. The molecule has 4 aromatic rings. The fourth-order valence-electron chi connectivity index (χ4n) is 7.33. The fraction of sp³-hybridized carbons (Fsp3) is 0.367. The normalized spacial score (nSPS) is 15.7. The van der Waals surface area contributed by atoms with Crippen LogP contribution in [0.1, 0.15) is 45.5 Å². The summed E-state index contributed by atoms with van der Waals surface area (Å²) in [6.07, 6.45) is -0.746. The van der Waals surface area contributed by atoms with E-state index >= 15 is 0 Å². The number of aliphatic carboxylic acids is 2. The van der Waals surface area contributed by atoms with Crippen molar-refractivity contribution in [2.24, 2.45) is 0 Å². The Morgan fingerprint density at radius 3 is 1.37 bits per heavy atom. The Labute approximate surface area is 390 Å². The topological polar surface area (TPSA) is 242 Å². The van der Waals surface area contributed by atoms with Crippen LogP contribution in [0.5, 0.6) is 0 Å². The third-order valence-corrected chi connectivity index (χ3v) is 11.0. The molecule has 18 heteroatoms. The summed E-state index contributed by atoms with van der Waals surface area (Å²) >= 11 is 0. The first-order valence-electron chi connectivity index (χ1n) is 22.3. The lowest BCUT2D eigenvalue weighted by atomic mass is 10.1. The lowest BCUT2D eigenvalue weighted by Gasteiger charge is -2.33. The van der Waals surface area contributed by atoms with Gasteiger partial charge in [-0.15, -0.1) is 0 Å². The van der Waals surface area contributed by atoms with Crippen LogP contribution >= 0.6 is 0 Å². The van der Waals surface area contributed by atoms with Gasteiger partial charge in [0.25, 0.3) is 5.91 Å². The first kappa shape index (κ1) is 51.0. The molecule has 0 spiro atoms. The van der Waals surface area contributed by atoms with Crippen molar-refractivity contribution in [3.05, 3.63) is 143 Å². The Morgan fingerprint density at radius 2 is 0.925 bits per heavy atom. The van der Waals surface area contributed by atoms with Crippen molar-refractivity contribution in [2.45, 2.75) is 51.1 Å². The van der Waals surface area contributed by atoms with Crippen molar-refractivity contribution >= 4 is 41.5 Å². The van der Waals surface area contributed by atoms with E-state index in [1.54, 1.807) is 12.1 Å². The highest BCUT2D eigenvalue weighted by molar-refractivity contribution is 5.97. The molecule has 0 saturated carbocycles. The summed E-state index contributed by atoms with van der Waals surface area (Å²) < 4.78 is 0. The average molecular weight is 920 g/mol. The van der Waals surface area contributed by atoms with E-state index in [1.165, 1.54) is 12.1 Å². The number of hydrogen-bond donors (Lipinski definition) is 8. The number of nitrogens with one attached hydrogen (secondary N) is 6. The van der Waals surface area contributed by atoms with Gasteiger partial charge in [0, 0.05) is 90.0 Å². The SMILES string of the molecule is O=C(O)C[C@H](NC(=O)c1ccc(CNC(=O)CC2CN(CC(=O)NCc3ccccc3)CCN(CC(=O)NCc3ccccc3)CCN(CC(=O)NCc3ccccc3)CCN2)cc1)C(=O)O. The maximum absolute atomic E-state index is 13.6. The Bertz CT molecular complexity index is 2220. The second-order valence-electron chi connectivity index (χ2n) is 16.4. The van der Waals surface area contributed by atoms with Crippen LogP contribution in [0.3, 0.4) is 0 Å². The predicted molar refractivity (Wildman–Crippen MR) is 250 cm³/mol. The van der Waals surface area contributed by atoms with Crippen molar-refractivity contribution < 1.29 is 43.8 Å². The molecule has 4 aromatic carbocycles. The minimum Gasteiger partial charge on any atom is -0.481 e. The summed E-state index contributed by atoms with van der Waals surface area (Å²) in [4.78, 5) is 94.9. The van der Waals surface area contributed by atoms with Crippen LogP contribution < -0.4 is 31.9 Å². The Hall–Kier alpha value is -6.99. The molecule has 2 atom stereocenters. The zero-order valence-electron chi connectivity index (χ0n) is 37.5. The number of carboxylic acids is 2. The Kier molecular flexibility index (Phi) is 20.9. The number of carboxylic acid groups (broad SMARTS) is 2. The van der Waals surface area contributed by atoms with Crippen molar-refractivity contribution in [3.8, 4) is 0 Å². The standard InChI is InChI=1S/C49H61N9O9/c59-43(51-31-39-16-18-40(19-17-39)48(65)55-42(49(66)67)27-47(63)64)26-41-32-58(35-46(62)54-30-38-14-8-3-9-15-38)25-24-57(34-45(61)53-29-37-12-6-2-7-13-37)23-22-56(21-20-50-41)33-44(60)52-28-36-10-4-1-5-11-36/h1-19,41-42,50H,20-35H2,(H,51,59)(H,52,60)(H,53,61)(H,54,62)(H,55,65)(H,63,64)(H,66,67)/t41?,42-/m0/s1. The molecule has 0 aromatic heterocycles. The van der Waals surface area contributed by atoms with Crippen LogP contribution in [-0.2, 0) is 54.9 Å². The van der Waals surface area contributed by atoms with E-state index in [0.29, 0.717) is 71.0 Å². The number of carbonyl (C=O) groups is 7. The molecular formula is C49H61N9O9. The van der Waals surface area contributed by atoms with Gasteiger partial charge in [0.1, 0.15) is 6.04 Å². The van der Waals surface area contributed by atoms with Gasteiger partial charge in [-0.1, -0.05) is 103 Å². The minimum atomic E-state index is -1.60. The number of hydrogen-bond acceptors (Lipinski definition) is 11. The smallest absolute Gasteiger partial charge is 0.326 e. The van der Waals surface area contributed by atoms with Gasteiger partial charge in [-0.3, -0.25) is 43.5 Å². The van der Waals surface area contributed by atoms with E-state index in [0.717, 1.165) is 16.7 Å².